The van der Waals surface area contributed by atoms with Crippen molar-refractivity contribution < 1.29 is 14.7 Å². The van der Waals surface area contributed by atoms with Gasteiger partial charge in [-0.1, -0.05) is 54.3 Å². The van der Waals surface area contributed by atoms with Crippen molar-refractivity contribution in [1.29, 1.82) is 0 Å². The SMILES string of the molecule is CCN(CC)c1ncnc2ccc(C#CCNC(=O)/C3=C/C=C\CC4=C(C3=O)[C@@]4(CO)c3ccccc3)cc12. The fourth-order valence-electron chi connectivity index (χ4n) is 5.29. The molecule has 0 spiro atoms. The highest BCUT2D eigenvalue weighted by Crippen LogP contribution is 2.57. The smallest absolute Gasteiger partial charge is 0.256 e. The number of hydrogen-bond acceptors (Lipinski definition) is 6. The molecule has 3 aromatic rings. The maximum Gasteiger partial charge on any atom is 0.256 e. The number of benzene rings is 2. The lowest BCUT2D eigenvalue weighted by molar-refractivity contribution is -0.121. The predicted molar refractivity (Wildman–Crippen MR) is 152 cm³/mol. The van der Waals surface area contributed by atoms with E-state index in [1.54, 1.807) is 18.5 Å². The molecule has 2 N–H and O–H groups in total. The number of aliphatic hydroxyl groups excluding tert-OH is 1. The summed E-state index contributed by atoms with van der Waals surface area (Å²) in [5, 5.41) is 14.0. The topological polar surface area (TPSA) is 95.4 Å². The molecule has 1 amide bonds. The van der Waals surface area contributed by atoms with Gasteiger partial charge in [-0.15, -0.1) is 0 Å². The fraction of sp³-hybridized carbons (Fsp3) is 0.250. The van der Waals surface area contributed by atoms with E-state index in [4.69, 9.17) is 0 Å². The number of hydrogen-bond donors (Lipinski definition) is 2. The molecule has 1 heterocycles. The number of fused-ring (bicyclic) bond motifs is 1. The molecular weight excluding hydrogens is 488 g/mol. The Morgan fingerprint density at radius 1 is 1.13 bits per heavy atom. The van der Waals surface area contributed by atoms with Crippen LogP contribution in [0.25, 0.3) is 10.9 Å². The van der Waals surface area contributed by atoms with E-state index in [2.05, 4.69) is 45.9 Å². The molecule has 0 saturated carbocycles. The van der Waals surface area contributed by atoms with Gasteiger partial charge in [0.25, 0.3) is 5.91 Å². The summed E-state index contributed by atoms with van der Waals surface area (Å²) >= 11 is 0. The molecule has 0 bridgehead atoms. The lowest BCUT2D eigenvalue weighted by atomic mass is 9.86. The molecule has 0 radical (unpaired) electrons. The van der Waals surface area contributed by atoms with Crippen LogP contribution in [0.2, 0.25) is 0 Å². The van der Waals surface area contributed by atoms with E-state index in [0.717, 1.165) is 46.5 Å². The van der Waals surface area contributed by atoms with Gasteiger partial charge >= 0.3 is 0 Å². The standard InChI is InChI=1S/C32H30N4O3/c1-3-36(4-2)30-25-19-22(16-17-27(25)34-21-35-30)11-10-18-33-31(39)24-14-8-9-15-26-28(29(24)38)32(26,20-37)23-12-6-5-7-13-23/h5-9,12-14,16-17,19,21,37H,3-4,15,18,20H2,1-2H3,(H,33,39)/b9-8-,24-14+/t32-/m0/s1. The first-order valence-electron chi connectivity index (χ1n) is 13.1. The van der Waals surface area contributed by atoms with Gasteiger partial charge in [-0.3, -0.25) is 9.59 Å². The zero-order valence-corrected chi connectivity index (χ0v) is 22.1. The number of carbonyl (C=O) groups excluding carboxylic acids is 2. The van der Waals surface area contributed by atoms with Gasteiger partial charge in [0.15, 0.2) is 5.78 Å². The average Bonchev–Trinajstić information content (AvgIpc) is 3.62. The van der Waals surface area contributed by atoms with E-state index in [1.165, 1.54) is 0 Å². The first-order valence-corrected chi connectivity index (χ1v) is 13.1. The largest absolute Gasteiger partial charge is 0.395 e. The molecule has 2 aromatic carbocycles. The van der Waals surface area contributed by atoms with Gasteiger partial charge in [0.1, 0.15) is 12.1 Å². The number of allylic oxidation sites excluding steroid dienone is 3. The van der Waals surface area contributed by atoms with Crippen molar-refractivity contribution in [3.8, 4) is 11.8 Å². The molecule has 7 heteroatoms. The molecule has 196 valence electrons. The maximum absolute atomic E-state index is 13.5. The van der Waals surface area contributed by atoms with E-state index in [-0.39, 0.29) is 24.5 Å². The Bertz CT molecular complexity index is 1590. The highest BCUT2D eigenvalue weighted by molar-refractivity contribution is 6.29. The number of aliphatic hydroxyl groups is 1. The van der Waals surface area contributed by atoms with E-state index < -0.39 is 11.3 Å². The zero-order valence-electron chi connectivity index (χ0n) is 22.1. The lowest BCUT2D eigenvalue weighted by Crippen LogP contribution is -2.30. The molecule has 0 unspecified atom stereocenters. The fourth-order valence-corrected chi connectivity index (χ4v) is 5.29. The summed E-state index contributed by atoms with van der Waals surface area (Å²) in [5.74, 6) is 6.11. The van der Waals surface area contributed by atoms with Crippen molar-refractivity contribution in [2.24, 2.45) is 0 Å². The van der Waals surface area contributed by atoms with Crippen LogP contribution < -0.4 is 10.2 Å². The van der Waals surface area contributed by atoms with Crippen molar-refractivity contribution in [3.05, 3.63) is 101 Å². The Kier molecular flexibility index (Phi) is 7.40. The summed E-state index contributed by atoms with van der Waals surface area (Å²) in [5.41, 5.74) is 3.07. The highest BCUT2D eigenvalue weighted by Gasteiger charge is 2.57. The van der Waals surface area contributed by atoms with Gasteiger partial charge in [-0.05, 0) is 55.7 Å². The minimum absolute atomic E-state index is 0.0400. The maximum atomic E-state index is 13.5. The van der Waals surface area contributed by atoms with E-state index in [9.17, 15) is 14.7 Å². The van der Waals surface area contributed by atoms with Crippen LogP contribution in [-0.4, -0.2) is 53.0 Å². The normalized spacial score (nSPS) is 20.1. The first-order chi connectivity index (χ1) is 19.0. The summed E-state index contributed by atoms with van der Waals surface area (Å²) < 4.78 is 0. The Morgan fingerprint density at radius 2 is 1.92 bits per heavy atom. The van der Waals surface area contributed by atoms with Crippen LogP contribution in [-0.2, 0) is 15.0 Å². The predicted octanol–water partition coefficient (Wildman–Crippen LogP) is 3.64. The number of nitrogens with one attached hydrogen (secondary N) is 1. The Hall–Kier alpha value is -4.54. The van der Waals surface area contributed by atoms with Gasteiger partial charge in [-0.2, -0.15) is 0 Å². The van der Waals surface area contributed by atoms with Crippen LogP contribution in [0.5, 0.6) is 0 Å². The second-order valence-electron chi connectivity index (χ2n) is 9.41. The third-order valence-electron chi connectivity index (χ3n) is 7.37. The second kappa shape index (κ2) is 11.1. The third kappa shape index (κ3) is 4.75. The molecule has 2 aliphatic carbocycles. The molecule has 7 nitrogen and oxygen atoms in total. The van der Waals surface area contributed by atoms with Gasteiger partial charge in [-0.25, -0.2) is 9.97 Å². The summed E-state index contributed by atoms with van der Waals surface area (Å²) in [6.45, 7) is 5.70. The van der Waals surface area contributed by atoms with Crippen molar-refractivity contribution in [2.45, 2.75) is 25.7 Å². The van der Waals surface area contributed by atoms with Crippen LogP contribution in [0, 0.1) is 11.8 Å². The second-order valence-corrected chi connectivity index (χ2v) is 9.41. The molecule has 39 heavy (non-hydrogen) atoms. The molecule has 2 aliphatic rings. The van der Waals surface area contributed by atoms with E-state index in [1.807, 2.05) is 54.6 Å². The van der Waals surface area contributed by atoms with Crippen LogP contribution in [0.1, 0.15) is 31.4 Å². The number of nitrogens with zero attached hydrogens (tertiary/aromatic N) is 3. The summed E-state index contributed by atoms with van der Waals surface area (Å²) in [6.07, 6.45) is 7.30. The quantitative estimate of drug-likeness (QED) is 0.366. The van der Waals surface area contributed by atoms with Gasteiger partial charge in [0.05, 0.1) is 29.7 Å². The zero-order chi connectivity index (χ0) is 27.4. The number of Topliss-reactive ketones (excluding diaryl/α,β-unsaturated/α-hetero) is 1. The molecular formula is C32H30N4O3. The molecule has 1 atom stereocenters. The van der Waals surface area contributed by atoms with Gasteiger partial charge < -0.3 is 15.3 Å². The Morgan fingerprint density at radius 3 is 2.67 bits per heavy atom. The van der Waals surface area contributed by atoms with Crippen LogP contribution in [0.4, 0.5) is 5.82 Å². The number of amides is 1. The summed E-state index contributed by atoms with van der Waals surface area (Å²) in [7, 11) is 0. The lowest BCUT2D eigenvalue weighted by Gasteiger charge is -2.21. The van der Waals surface area contributed by atoms with Crippen molar-refractivity contribution in [2.75, 3.05) is 31.1 Å². The highest BCUT2D eigenvalue weighted by atomic mass is 16.3. The van der Waals surface area contributed by atoms with Crippen LogP contribution in [0.15, 0.2) is 89.8 Å². The van der Waals surface area contributed by atoms with Gasteiger partial charge in [0, 0.05) is 29.6 Å². The number of carbonyl (C=O) groups is 2. The van der Waals surface area contributed by atoms with Crippen molar-refractivity contribution >= 4 is 28.4 Å². The number of ketones is 1. The number of rotatable bonds is 7. The number of anilines is 1. The van der Waals surface area contributed by atoms with Crippen molar-refractivity contribution in [1.82, 2.24) is 15.3 Å². The summed E-state index contributed by atoms with van der Waals surface area (Å²) in [6, 6.07) is 15.2. The first kappa shape index (κ1) is 26.1. The summed E-state index contributed by atoms with van der Waals surface area (Å²) in [4.78, 5) is 37.5. The van der Waals surface area contributed by atoms with Gasteiger partial charge in [0.2, 0.25) is 0 Å². The van der Waals surface area contributed by atoms with Crippen molar-refractivity contribution in [3.63, 3.8) is 0 Å². The Balaban J connectivity index is 1.30. The molecule has 5 rings (SSSR count). The average molecular weight is 519 g/mol. The monoisotopic (exact) mass is 518 g/mol. The van der Waals surface area contributed by atoms with E-state index in [0.29, 0.717) is 12.0 Å². The molecule has 1 aromatic heterocycles. The van der Waals surface area contributed by atoms with E-state index >= 15 is 0 Å². The molecule has 0 aliphatic heterocycles. The minimum Gasteiger partial charge on any atom is -0.395 e. The molecule has 0 saturated heterocycles. The molecule has 0 fully saturated rings. The minimum atomic E-state index is -0.823. The Labute approximate surface area is 228 Å². The number of aromatic nitrogens is 2. The van der Waals surface area contributed by atoms with Crippen LogP contribution in [0.3, 0.4) is 0 Å². The van der Waals surface area contributed by atoms with Crippen LogP contribution >= 0.6 is 0 Å². The third-order valence-corrected chi connectivity index (χ3v) is 7.37.